The maximum Gasteiger partial charge on any atom is 0.209 e. The minimum absolute atomic E-state index is 0.100. The van der Waals surface area contributed by atoms with Gasteiger partial charge in [0.05, 0.1) is 11.1 Å². The van der Waals surface area contributed by atoms with Crippen LogP contribution in [0, 0.1) is 11.8 Å². The van der Waals surface area contributed by atoms with Crippen LogP contribution in [0.15, 0.2) is 156 Å². The van der Waals surface area contributed by atoms with E-state index in [2.05, 4.69) is 203 Å². The number of hydrogen-bond donors (Lipinski definition) is 0. The van der Waals surface area contributed by atoms with E-state index in [0.29, 0.717) is 11.8 Å². The highest BCUT2D eigenvalue weighted by Gasteiger charge is 2.45. The Morgan fingerprint density at radius 1 is 0.633 bits per heavy atom. The first-order valence-electron chi connectivity index (χ1n) is 23.5. The third kappa shape index (κ3) is 8.79. The molecule has 0 bridgehead atoms. The van der Waals surface area contributed by atoms with Gasteiger partial charge in [-0.2, -0.15) is 4.58 Å². The molecule has 0 aromatic heterocycles. The molecule has 60 heavy (non-hydrogen) atoms. The van der Waals surface area contributed by atoms with Gasteiger partial charge in [-0.15, -0.1) is 0 Å². The van der Waals surface area contributed by atoms with E-state index in [9.17, 15) is 0 Å². The fraction of sp³-hybridized carbons (Fsp3) is 0.421. The predicted molar refractivity (Wildman–Crippen MR) is 259 cm³/mol. The summed E-state index contributed by atoms with van der Waals surface area (Å²) >= 11 is 0. The Balaban J connectivity index is 1.38. The summed E-state index contributed by atoms with van der Waals surface area (Å²) in [6, 6.07) is 40.3. The second-order valence-electron chi connectivity index (χ2n) is 18.7. The molecule has 2 aliphatic heterocycles. The van der Waals surface area contributed by atoms with Crippen LogP contribution in [0.4, 0.5) is 22.7 Å². The van der Waals surface area contributed by atoms with E-state index in [4.69, 9.17) is 0 Å². The smallest absolute Gasteiger partial charge is 0.209 e. The second kappa shape index (κ2) is 19.2. The summed E-state index contributed by atoms with van der Waals surface area (Å²) in [7, 11) is 0. The first-order chi connectivity index (χ1) is 29.1. The van der Waals surface area contributed by atoms with Gasteiger partial charge in [-0.1, -0.05) is 159 Å². The number of fused-ring (bicyclic) bond motifs is 2. The molecule has 3 heteroatoms. The lowest BCUT2D eigenvalue weighted by atomic mass is 9.81. The average molecular weight is 799 g/mol. The molecule has 4 aromatic rings. The molecular weight excluding hydrogens is 727 g/mol. The quantitative estimate of drug-likeness (QED) is 0.0928. The van der Waals surface area contributed by atoms with Crippen LogP contribution in [0.3, 0.4) is 0 Å². The first kappa shape index (κ1) is 43.2. The van der Waals surface area contributed by atoms with Crippen molar-refractivity contribution in [2.75, 3.05) is 22.9 Å². The maximum atomic E-state index is 2.68. The molecule has 0 radical (unpaired) electrons. The molecule has 7 rings (SSSR count). The zero-order valence-corrected chi connectivity index (χ0v) is 38.2. The van der Waals surface area contributed by atoms with E-state index in [-0.39, 0.29) is 10.8 Å². The molecule has 2 unspecified atom stereocenters. The average Bonchev–Trinajstić information content (AvgIpc) is 3.83. The molecule has 3 nitrogen and oxygen atoms in total. The van der Waals surface area contributed by atoms with Crippen molar-refractivity contribution >= 4 is 28.5 Å². The summed E-state index contributed by atoms with van der Waals surface area (Å²) in [5, 5.41) is 0. The van der Waals surface area contributed by atoms with Crippen LogP contribution in [0.25, 0.3) is 0 Å². The standard InChI is InChI=1S/C57H72N3/c1-9-13-25-43(11-3)41-58-51-33-23-21-31-49(51)56(5,6)53(58)39-37-45-35-36-46(55(45)60(47-27-17-15-18-28-47)48-29-19-16-20-30-48)38-40-54-57(7,8)50-32-22-24-34-52(50)59(54)42-44(12-4)26-14-10-2/h15-24,27-34,37-40,43-44H,9-14,25-26,35-36,41-42H2,1-8H3/q+1. The zero-order chi connectivity index (χ0) is 42.3. The Labute approximate surface area is 363 Å². The Morgan fingerprint density at radius 3 is 1.85 bits per heavy atom. The molecule has 0 spiro atoms. The SMILES string of the molecule is CCCCC(CC)CN1/C(=C/C=C2\CCC(/C=C/C3=[N+](CC(CC)CCCC)c4ccccc4C3(C)C)=C2N(c2ccccc2)c2ccccc2)C(C)(C)c2ccccc21. The molecular formula is C57H72N3+. The van der Waals surface area contributed by atoms with Crippen molar-refractivity contribution < 1.29 is 4.58 Å². The van der Waals surface area contributed by atoms with Gasteiger partial charge >= 0.3 is 0 Å². The molecule has 0 amide bonds. The number of hydrogen-bond acceptors (Lipinski definition) is 2. The number of para-hydroxylation sites is 4. The molecule has 2 heterocycles. The normalized spacial score (nSPS) is 19.2. The monoisotopic (exact) mass is 799 g/mol. The van der Waals surface area contributed by atoms with Gasteiger partial charge in [0, 0.05) is 58.3 Å². The van der Waals surface area contributed by atoms with E-state index in [1.54, 1.807) is 0 Å². The predicted octanol–water partition coefficient (Wildman–Crippen LogP) is 15.5. The summed E-state index contributed by atoms with van der Waals surface area (Å²) in [4.78, 5) is 5.20. The molecule has 2 atom stereocenters. The highest BCUT2D eigenvalue weighted by molar-refractivity contribution is 6.03. The van der Waals surface area contributed by atoms with E-state index in [1.807, 2.05) is 0 Å². The molecule has 3 aliphatic rings. The lowest BCUT2D eigenvalue weighted by Gasteiger charge is -2.31. The van der Waals surface area contributed by atoms with Gasteiger partial charge in [-0.25, -0.2) is 0 Å². The third-order valence-corrected chi connectivity index (χ3v) is 14.0. The molecule has 1 aliphatic carbocycles. The lowest BCUT2D eigenvalue weighted by molar-refractivity contribution is -0.447. The lowest BCUT2D eigenvalue weighted by Crippen LogP contribution is -2.30. The van der Waals surface area contributed by atoms with Crippen LogP contribution in [0.5, 0.6) is 0 Å². The molecule has 0 fully saturated rings. The fourth-order valence-corrected chi connectivity index (χ4v) is 10.3. The Bertz CT molecular complexity index is 2190. The topological polar surface area (TPSA) is 9.49 Å². The van der Waals surface area contributed by atoms with Crippen molar-refractivity contribution in [3.05, 3.63) is 167 Å². The van der Waals surface area contributed by atoms with Gasteiger partial charge in [-0.3, -0.25) is 0 Å². The van der Waals surface area contributed by atoms with Gasteiger partial charge in [-0.05, 0) is 105 Å². The van der Waals surface area contributed by atoms with Crippen molar-refractivity contribution in [2.45, 2.75) is 130 Å². The molecule has 0 saturated heterocycles. The molecule has 0 N–H and O–H groups in total. The van der Waals surface area contributed by atoms with Gasteiger partial charge in [0.2, 0.25) is 5.69 Å². The Hall–Kier alpha value is -4.89. The molecule has 4 aromatic carbocycles. The van der Waals surface area contributed by atoms with E-state index >= 15 is 0 Å². The molecule has 0 saturated carbocycles. The van der Waals surface area contributed by atoms with E-state index in [0.717, 1.165) is 25.9 Å². The van der Waals surface area contributed by atoms with Gasteiger partial charge in [0.25, 0.3) is 0 Å². The van der Waals surface area contributed by atoms with Crippen molar-refractivity contribution in [3.63, 3.8) is 0 Å². The van der Waals surface area contributed by atoms with Crippen LogP contribution in [0.2, 0.25) is 0 Å². The van der Waals surface area contributed by atoms with Crippen LogP contribution >= 0.6 is 0 Å². The number of rotatable bonds is 18. The van der Waals surface area contributed by atoms with E-state index < -0.39 is 0 Å². The second-order valence-corrected chi connectivity index (χ2v) is 18.7. The third-order valence-electron chi connectivity index (χ3n) is 14.0. The maximum absolute atomic E-state index is 2.68. The summed E-state index contributed by atoms with van der Waals surface area (Å²) < 4.78 is 2.68. The highest BCUT2D eigenvalue weighted by atomic mass is 15.2. The first-order valence-corrected chi connectivity index (χ1v) is 23.5. The summed E-state index contributed by atoms with van der Waals surface area (Å²) in [6.07, 6.45) is 22.0. The van der Waals surface area contributed by atoms with Gasteiger partial charge in [0.15, 0.2) is 12.3 Å². The fourth-order valence-electron chi connectivity index (χ4n) is 10.3. The van der Waals surface area contributed by atoms with Crippen molar-refractivity contribution in [1.82, 2.24) is 0 Å². The Kier molecular flexibility index (Phi) is 13.8. The minimum Gasteiger partial charge on any atom is -0.344 e. The summed E-state index contributed by atoms with van der Waals surface area (Å²) in [5.74, 6) is 1.33. The van der Waals surface area contributed by atoms with Crippen LogP contribution in [0.1, 0.15) is 131 Å². The Morgan fingerprint density at radius 2 is 1.22 bits per heavy atom. The number of allylic oxidation sites excluding steroid dienone is 7. The van der Waals surface area contributed by atoms with Crippen LogP contribution in [-0.2, 0) is 10.8 Å². The van der Waals surface area contributed by atoms with Crippen molar-refractivity contribution in [1.29, 1.82) is 0 Å². The van der Waals surface area contributed by atoms with Crippen molar-refractivity contribution in [2.24, 2.45) is 11.8 Å². The highest BCUT2D eigenvalue weighted by Crippen LogP contribution is 2.49. The van der Waals surface area contributed by atoms with Crippen molar-refractivity contribution in [3.8, 4) is 0 Å². The number of nitrogens with zero attached hydrogens (tertiary/aromatic N) is 3. The minimum atomic E-state index is -0.100. The number of unbranched alkanes of at least 4 members (excludes halogenated alkanes) is 2. The summed E-state index contributed by atoms with van der Waals surface area (Å²) in [5.41, 5.74) is 14.7. The zero-order valence-electron chi connectivity index (χ0n) is 38.2. The number of benzene rings is 4. The number of anilines is 3. The largest absolute Gasteiger partial charge is 0.344 e. The van der Waals surface area contributed by atoms with Gasteiger partial charge < -0.3 is 9.80 Å². The van der Waals surface area contributed by atoms with Crippen LogP contribution in [-0.4, -0.2) is 23.4 Å². The summed E-state index contributed by atoms with van der Waals surface area (Å²) in [6.45, 7) is 21.2. The van der Waals surface area contributed by atoms with E-state index in [1.165, 1.54) is 113 Å². The van der Waals surface area contributed by atoms with Gasteiger partial charge in [0.1, 0.15) is 0 Å². The molecule has 314 valence electrons. The van der Waals surface area contributed by atoms with Crippen LogP contribution < -0.4 is 9.80 Å².